The highest BCUT2D eigenvalue weighted by Gasteiger charge is 2.33. The molecule has 0 aliphatic carbocycles. The predicted octanol–water partition coefficient (Wildman–Crippen LogP) is 2.85. The van der Waals surface area contributed by atoms with E-state index in [1.54, 1.807) is 11.0 Å². The number of carbonyl (C=O) groups is 1. The van der Waals surface area contributed by atoms with Crippen molar-refractivity contribution >= 4 is 39.1 Å². The van der Waals surface area contributed by atoms with Gasteiger partial charge in [0, 0.05) is 31.7 Å². The fraction of sp³-hybridized carbons (Fsp3) is 0.235. The van der Waals surface area contributed by atoms with Gasteiger partial charge in [-0.3, -0.25) is 4.79 Å². The fourth-order valence-corrected chi connectivity index (χ4v) is 5.29. The van der Waals surface area contributed by atoms with Crippen LogP contribution < -0.4 is 0 Å². The van der Waals surface area contributed by atoms with Crippen molar-refractivity contribution in [1.82, 2.24) is 9.21 Å². The van der Waals surface area contributed by atoms with Gasteiger partial charge in [0.1, 0.15) is 10.6 Å². The topological polar surface area (TPSA) is 77.9 Å². The second-order valence-corrected chi connectivity index (χ2v) is 8.48. The van der Waals surface area contributed by atoms with E-state index in [0.717, 1.165) is 0 Å². The molecule has 2 aromatic rings. The highest BCUT2D eigenvalue weighted by molar-refractivity contribution is 7.89. The number of hydrogen-bond donors (Lipinski definition) is 1. The molecule has 1 heterocycles. The van der Waals surface area contributed by atoms with E-state index in [0.29, 0.717) is 5.56 Å². The summed E-state index contributed by atoms with van der Waals surface area (Å²) in [4.78, 5) is 13.9. The lowest BCUT2D eigenvalue weighted by Gasteiger charge is -2.34. The van der Waals surface area contributed by atoms with Crippen molar-refractivity contribution in [3.63, 3.8) is 0 Å². The quantitative estimate of drug-likeness (QED) is 0.837. The highest BCUT2D eigenvalue weighted by Crippen LogP contribution is 2.32. The van der Waals surface area contributed by atoms with Crippen LogP contribution in [0.1, 0.15) is 10.4 Å². The maximum atomic E-state index is 12.8. The molecule has 1 fully saturated rings. The van der Waals surface area contributed by atoms with Gasteiger partial charge < -0.3 is 10.0 Å². The Hall–Kier alpha value is -1.80. The van der Waals surface area contributed by atoms with Crippen LogP contribution in [0, 0.1) is 0 Å². The van der Waals surface area contributed by atoms with Gasteiger partial charge in [-0.1, -0.05) is 29.3 Å². The van der Waals surface area contributed by atoms with E-state index >= 15 is 0 Å². The van der Waals surface area contributed by atoms with Gasteiger partial charge in [-0.2, -0.15) is 4.31 Å². The van der Waals surface area contributed by atoms with Gasteiger partial charge in [0.2, 0.25) is 10.0 Å². The zero-order valence-electron chi connectivity index (χ0n) is 13.6. The van der Waals surface area contributed by atoms with Crippen molar-refractivity contribution in [2.45, 2.75) is 4.90 Å². The number of benzene rings is 2. The smallest absolute Gasteiger partial charge is 0.253 e. The summed E-state index contributed by atoms with van der Waals surface area (Å²) in [5.41, 5.74) is 0.438. The summed E-state index contributed by atoms with van der Waals surface area (Å²) in [6, 6.07) is 10.5. The molecule has 26 heavy (non-hydrogen) atoms. The molecule has 138 valence electrons. The predicted molar refractivity (Wildman–Crippen MR) is 99.2 cm³/mol. The van der Waals surface area contributed by atoms with Gasteiger partial charge in [-0.25, -0.2) is 8.42 Å². The molecule has 1 saturated heterocycles. The first-order valence-electron chi connectivity index (χ1n) is 7.83. The van der Waals surface area contributed by atoms with E-state index in [-0.39, 0.29) is 52.8 Å². The minimum absolute atomic E-state index is 0.0695. The molecule has 2 aromatic carbocycles. The molecule has 0 saturated carbocycles. The van der Waals surface area contributed by atoms with Crippen LogP contribution in [0.3, 0.4) is 0 Å². The maximum absolute atomic E-state index is 12.8. The van der Waals surface area contributed by atoms with Gasteiger partial charge in [-0.15, -0.1) is 0 Å². The molecule has 1 aliphatic rings. The number of nitrogens with zero attached hydrogens (tertiary/aromatic N) is 2. The fourth-order valence-electron chi connectivity index (χ4n) is 2.78. The lowest BCUT2D eigenvalue weighted by Crippen LogP contribution is -2.50. The molecular weight excluding hydrogens is 399 g/mol. The molecule has 6 nitrogen and oxygen atoms in total. The van der Waals surface area contributed by atoms with Crippen LogP contribution in [0.25, 0.3) is 0 Å². The molecule has 0 atom stereocenters. The number of aromatic hydroxyl groups is 1. The molecule has 3 rings (SSSR count). The molecule has 0 aromatic heterocycles. The van der Waals surface area contributed by atoms with Crippen LogP contribution in [-0.2, 0) is 10.0 Å². The minimum atomic E-state index is -3.84. The summed E-state index contributed by atoms with van der Waals surface area (Å²) in [5.74, 6) is -0.132. The van der Waals surface area contributed by atoms with E-state index in [2.05, 4.69) is 0 Å². The number of carbonyl (C=O) groups excluding carboxylic acids is 1. The zero-order valence-corrected chi connectivity index (χ0v) is 15.9. The third kappa shape index (κ3) is 3.66. The Bertz CT molecular complexity index is 904. The number of hydrogen-bond acceptors (Lipinski definition) is 4. The first-order valence-corrected chi connectivity index (χ1v) is 10.0. The van der Waals surface area contributed by atoms with Gasteiger partial charge >= 0.3 is 0 Å². The Kier molecular flexibility index (Phi) is 5.43. The van der Waals surface area contributed by atoms with Crippen LogP contribution in [0.4, 0.5) is 0 Å². The molecule has 0 unspecified atom stereocenters. The van der Waals surface area contributed by atoms with Crippen molar-refractivity contribution in [3.8, 4) is 5.75 Å². The molecule has 0 radical (unpaired) electrons. The van der Waals surface area contributed by atoms with Crippen LogP contribution in [-0.4, -0.2) is 54.8 Å². The number of sulfonamides is 1. The number of piperazine rings is 1. The first kappa shape index (κ1) is 19.0. The van der Waals surface area contributed by atoms with Crippen LogP contribution in [0.15, 0.2) is 47.4 Å². The summed E-state index contributed by atoms with van der Waals surface area (Å²) in [6.07, 6.45) is 0. The van der Waals surface area contributed by atoms with E-state index < -0.39 is 10.0 Å². The Balaban J connectivity index is 1.74. The minimum Gasteiger partial charge on any atom is -0.508 e. The molecule has 1 N–H and O–H groups in total. The number of halogens is 2. The molecule has 1 amide bonds. The summed E-state index contributed by atoms with van der Waals surface area (Å²) in [7, 11) is -3.84. The van der Waals surface area contributed by atoms with Crippen molar-refractivity contribution < 1.29 is 18.3 Å². The summed E-state index contributed by atoms with van der Waals surface area (Å²) < 4.78 is 27.0. The largest absolute Gasteiger partial charge is 0.508 e. The van der Waals surface area contributed by atoms with E-state index in [4.69, 9.17) is 23.2 Å². The molecule has 9 heteroatoms. The maximum Gasteiger partial charge on any atom is 0.253 e. The third-order valence-electron chi connectivity index (χ3n) is 4.16. The zero-order chi connectivity index (χ0) is 18.9. The Morgan fingerprint density at radius 1 is 0.923 bits per heavy atom. The van der Waals surface area contributed by atoms with Crippen molar-refractivity contribution in [2.75, 3.05) is 26.2 Å². The first-order chi connectivity index (χ1) is 12.3. The molecule has 1 aliphatic heterocycles. The van der Waals surface area contributed by atoms with Gasteiger partial charge in [0.15, 0.2) is 0 Å². The lowest BCUT2D eigenvalue weighted by molar-refractivity contribution is 0.0698. The third-order valence-corrected chi connectivity index (χ3v) is 7.01. The standard InChI is InChI=1S/C17H16Cl2N2O4S/c18-14-2-1-3-15(19)16(14)26(24,25)21-10-8-20(9-11-21)17(23)12-4-6-13(22)7-5-12/h1-7,22H,8-11H2. The summed E-state index contributed by atoms with van der Waals surface area (Å²) >= 11 is 12.1. The Morgan fingerprint density at radius 2 is 1.46 bits per heavy atom. The molecular formula is C17H16Cl2N2O4S. The van der Waals surface area contributed by atoms with Crippen molar-refractivity contribution in [2.24, 2.45) is 0 Å². The van der Waals surface area contributed by atoms with Crippen molar-refractivity contribution in [3.05, 3.63) is 58.1 Å². The SMILES string of the molecule is O=C(c1ccc(O)cc1)N1CCN(S(=O)(=O)c2c(Cl)cccc2Cl)CC1. The number of phenolic OH excluding ortho intramolecular Hbond substituents is 1. The summed E-state index contributed by atoms with van der Waals surface area (Å²) in [5, 5.41) is 9.45. The van der Waals surface area contributed by atoms with E-state index in [1.807, 2.05) is 0 Å². The number of rotatable bonds is 3. The van der Waals surface area contributed by atoms with Gasteiger partial charge in [0.05, 0.1) is 10.0 Å². The van der Waals surface area contributed by atoms with Gasteiger partial charge in [0.25, 0.3) is 5.91 Å². The number of phenols is 1. The van der Waals surface area contributed by atoms with Gasteiger partial charge in [-0.05, 0) is 36.4 Å². The van der Waals surface area contributed by atoms with E-state index in [1.165, 1.54) is 40.7 Å². The Morgan fingerprint density at radius 3 is 2.00 bits per heavy atom. The molecule has 0 bridgehead atoms. The van der Waals surface area contributed by atoms with Crippen LogP contribution in [0.2, 0.25) is 10.0 Å². The molecule has 0 spiro atoms. The van der Waals surface area contributed by atoms with Crippen LogP contribution in [0.5, 0.6) is 5.75 Å². The number of amides is 1. The summed E-state index contributed by atoms with van der Waals surface area (Å²) in [6.45, 7) is 0.795. The van der Waals surface area contributed by atoms with Crippen LogP contribution >= 0.6 is 23.2 Å². The van der Waals surface area contributed by atoms with Crippen molar-refractivity contribution in [1.29, 1.82) is 0 Å². The second kappa shape index (κ2) is 7.44. The average molecular weight is 415 g/mol. The normalized spacial score (nSPS) is 15.8. The monoisotopic (exact) mass is 414 g/mol. The highest BCUT2D eigenvalue weighted by atomic mass is 35.5. The average Bonchev–Trinajstić information content (AvgIpc) is 2.61. The second-order valence-electron chi connectivity index (χ2n) is 5.79. The lowest BCUT2D eigenvalue weighted by atomic mass is 10.2. The Labute approximate surface area is 161 Å². The van der Waals surface area contributed by atoms with E-state index in [9.17, 15) is 18.3 Å².